The lowest BCUT2D eigenvalue weighted by Gasteiger charge is -2.49. The highest BCUT2D eigenvalue weighted by atomic mass is 14.5. The minimum absolute atomic E-state index is 0.525. The predicted molar refractivity (Wildman–Crippen MR) is 82.6 cm³/mol. The van der Waals surface area contributed by atoms with Gasteiger partial charge in [-0.1, -0.05) is 64.8 Å². The fourth-order valence-corrected chi connectivity index (χ4v) is 3.29. The standard InChI is InChI=1S/C18H32/c1-8-9-16(12-14(4)13(2)3)15(5)17-10-11-18(17,6)7/h12,14-15,17H,2,8-11H2,1,3-7H3. The minimum Gasteiger partial charge on any atom is -0.0996 e. The van der Waals surface area contributed by atoms with E-state index in [0.717, 1.165) is 11.8 Å². The van der Waals surface area contributed by atoms with Crippen molar-refractivity contribution in [3.8, 4) is 0 Å². The molecule has 0 heterocycles. The van der Waals surface area contributed by atoms with E-state index in [2.05, 4.69) is 54.2 Å². The summed E-state index contributed by atoms with van der Waals surface area (Å²) in [6.45, 7) is 18.1. The number of allylic oxidation sites excluding steroid dienone is 3. The van der Waals surface area contributed by atoms with Crippen LogP contribution in [0.1, 0.15) is 67.2 Å². The van der Waals surface area contributed by atoms with Crippen molar-refractivity contribution in [1.82, 2.24) is 0 Å². The molecule has 0 heteroatoms. The molecule has 0 N–H and O–H groups in total. The third kappa shape index (κ3) is 3.49. The van der Waals surface area contributed by atoms with E-state index in [9.17, 15) is 0 Å². The number of hydrogen-bond donors (Lipinski definition) is 0. The third-order valence-electron chi connectivity index (χ3n) is 5.07. The van der Waals surface area contributed by atoms with E-state index in [1.807, 2.05) is 0 Å². The van der Waals surface area contributed by atoms with Gasteiger partial charge in [0.05, 0.1) is 0 Å². The summed E-state index contributed by atoms with van der Waals surface area (Å²) < 4.78 is 0. The van der Waals surface area contributed by atoms with Crippen LogP contribution in [0.3, 0.4) is 0 Å². The van der Waals surface area contributed by atoms with Crippen LogP contribution in [0.25, 0.3) is 0 Å². The molecule has 104 valence electrons. The van der Waals surface area contributed by atoms with Crippen molar-refractivity contribution in [3.63, 3.8) is 0 Å². The zero-order valence-corrected chi connectivity index (χ0v) is 13.3. The zero-order valence-electron chi connectivity index (χ0n) is 13.3. The molecule has 1 aliphatic carbocycles. The first-order valence-electron chi connectivity index (χ1n) is 7.65. The van der Waals surface area contributed by atoms with Crippen LogP contribution in [0.2, 0.25) is 0 Å². The molecular formula is C18H32. The molecule has 0 aromatic rings. The van der Waals surface area contributed by atoms with E-state index in [0.29, 0.717) is 11.3 Å². The predicted octanol–water partition coefficient (Wildman–Crippen LogP) is 6.00. The van der Waals surface area contributed by atoms with Gasteiger partial charge >= 0.3 is 0 Å². The largest absolute Gasteiger partial charge is 0.0996 e. The highest BCUT2D eigenvalue weighted by Gasteiger charge is 2.42. The smallest absolute Gasteiger partial charge is 0.00543 e. The van der Waals surface area contributed by atoms with Crippen LogP contribution in [0.15, 0.2) is 23.8 Å². The Morgan fingerprint density at radius 3 is 2.33 bits per heavy atom. The van der Waals surface area contributed by atoms with Crippen LogP contribution in [-0.2, 0) is 0 Å². The molecule has 0 aromatic heterocycles. The monoisotopic (exact) mass is 248 g/mol. The summed E-state index contributed by atoms with van der Waals surface area (Å²) in [6, 6.07) is 0. The molecule has 3 unspecified atom stereocenters. The van der Waals surface area contributed by atoms with Gasteiger partial charge in [-0.3, -0.25) is 0 Å². The van der Waals surface area contributed by atoms with Gasteiger partial charge in [0, 0.05) is 0 Å². The maximum absolute atomic E-state index is 4.09. The summed E-state index contributed by atoms with van der Waals surface area (Å²) in [6.07, 6.45) is 7.82. The molecule has 0 aliphatic heterocycles. The molecule has 3 atom stereocenters. The topological polar surface area (TPSA) is 0 Å². The van der Waals surface area contributed by atoms with Crippen LogP contribution in [0.5, 0.6) is 0 Å². The summed E-state index contributed by atoms with van der Waals surface area (Å²) in [4.78, 5) is 0. The van der Waals surface area contributed by atoms with Gasteiger partial charge in [0.15, 0.2) is 0 Å². The molecule has 0 saturated heterocycles. The third-order valence-corrected chi connectivity index (χ3v) is 5.07. The van der Waals surface area contributed by atoms with Gasteiger partial charge < -0.3 is 0 Å². The van der Waals surface area contributed by atoms with E-state index in [-0.39, 0.29) is 0 Å². The average molecular weight is 248 g/mol. The van der Waals surface area contributed by atoms with Crippen LogP contribution in [0, 0.1) is 23.2 Å². The number of rotatable bonds is 6. The Morgan fingerprint density at radius 1 is 1.39 bits per heavy atom. The van der Waals surface area contributed by atoms with Gasteiger partial charge in [0.1, 0.15) is 0 Å². The quantitative estimate of drug-likeness (QED) is 0.506. The molecule has 1 saturated carbocycles. The van der Waals surface area contributed by atoms with Gasteiger partial charge in [0.2, 0.25) is 0 Å². The lowest BCUT2D eigenvalue weighted by atomic mass is 9.56. The van der Waals surface area contributed by atoms with Crippen molar-refractivity contribution >= 4 is 0 Å². The summed E-state index contributed by atoms with van der Waals surface area (Å²) >= 11 is 0. The summed E-state index contributed by atoms with van der Waals surface area (Å²) in [5.74, 6) is 2.15. The normalized spacial score (nSPS) is 26.3. The molecule has 1 fully saturated rings. The molecule has 0 nitrogen and oxygen atoms in total. The van der Waals surface area contributed by atoms with Crippen molar-refractivity contribution in [2.45, 2.75) is 67.2 Å². The Hall–Kier alpha value is -0.520. The fraction of sp³-hybridized carbons (Fsp3) is 0.778. The average Bonchev–Trinajstić information content (AvgIpc) is 2.26. The lowest BCUT2D eigenvalue weighted by Crippen LogP contribution is -2.39. The van der Waals surface area contributed by atoms with Gasteiger partial charge in [-0.25, -0.2) is 0 Å². The first kappa shape index (κ1) is 15.5. The fourth-order valence-electron chi connectivity index (χ4n) is 3.29. The van der Waals surface area contributed by atoms with E-state index >= 15 is 0 Å². The first-order chi connectivity index (χ1) is 8.29. The number of hydrogen-bond acceptors (Lipinski definition) is 0. The Bertz CT molecular complexity index is 319. The molecule has 0 bridgehead atoms. The van der Waals surface area contributed by atoms with E-state index in [1.165, 1.54) is 31.3 Å². The summed E-state index contributed by atoms with van der Waals surface area (Å²) in [5, 5.41) is 0. The molecular weight excluding hydrogens is 216 g/mol. The van der Waals surface area contributed by atoms with Gasteiger partial charge in [-0.2, -0.15) is 0 Å². The van der Waals surface area contributed by atoms with Crippen LogP contribution < -0.4 is 0 Å². The zero-order chi connectivity index (χ0) is 13.9. The van der Waals surface area contributed by atoms with Gasteiger partial charge in [-0.15, -0.1) is 0 Å². The molecule has 0 radical (unpaired) electrons. The lowest BCUT2D eigenvalue weighted by molar-refractivity contribution is 0.0375. The SMILES string of the molecule is C=C(C)C(C)C=C(CCC)C(C)C1CCC1(C)C. The molecule has 0 amide bonds. The molecule has 0 aromatic carbocycles. The molecule has 18 heavy (non-hydrogen) atoms. The van der Waals surface area contributed by atoms with Crippen molar-refractivity contribution in [2.75, 3.05) is 0 Å². The van der Waals surface area contributed by atoms with Crippen molar-refractivity contribution in [1.29, 1.82) is 0 Å². The van der Waals surface area contributed by atoms with Crippen LogP contribution in [-0.4, -0.2) is 0 Å². The Morgan fingerprint density at radius 2 is 2.00 bits per heavy atom. The van der Waals surface area contributed by atoms with Crippen LogP contribution >= 0.6 is 0 Å². The highest BCUT2D eigenvalue weighted by Crippen LogP contribution is 2.52. The van der Waals surface area contributed by atoms with Crippen LogP contribution in [0.4, 0.5) is 0 Å². The Balaban J connectivity index is 2.81. The van der Waals surface area contributed by atoms with Gasteiger partial charge in [-0.05, 0) is 49.4 Å². The maximum atomic E-state index is 4.09. The Kier molecular flexibility index (Phi) is 5.25. The van der Waals surface area contributed by atoms with E-state index < -0.39 is 0 Å². The van der Waals surface area contributed by atoms with Crippen molar-refractivity contribution in [2.24, 2.45) is 23.2 Å². The van der Waals surface area contributed by atoms with Gasteiger partial charge in [0.25, 0.3) is 0 Å². The first-order valence-corrected chi connectivity index (χ1v) is 7.65. The van der Waals surface area contributed by atoms with E-state index in [1.54, 1.807) is 5.57 Å². The van der Waals surface area contributed by atoms with E-state index in [4.69, 9.17) is 0 Å². The molecule has 0 spiro atoms. The van der Waals surface area contributed by atoms with Crippen molar-refractivity contribution in [3.05, 3.63) is 23.8 Å². The van der Waals surface area contributed by atoms with Crippen molar-refractivity contribution < 1.29 is 0 Å². The summed E-state index contributed by atoms with van der Waals surface area (Å²) in [5.41, 5.74) is 3.51. The second-order valence-electron chi connectivity index (χ2n) is 7.05. The molecule has 1 aliphatic rings. The molecule has 1 rings (SSSR count). The Labute approximate surface area is 115 Å². The minimum atomic E-state index is 0.525. The summed E-state index contributed by atoms with van der Waals surface area (Å²) in [7, 11) is 0. The highest BCUT2D eigenvalue weighted by molar-refractivity contribution is 5.16. The second kappa shape index (κ2) is 6.08. The maximum Gasteiger partial charge on any atom is -0.00543 e. The second-order valence-corrected chi connectivity index (χ2v) is 7.05.